The van der Waals surface area contributed by atoms with Gasteiger partial charge in [0.15, 0.2) is 0 Å². The van der Waals surface area contributed by atoms with Crippen molar-refractivity contribution in [2.75, 3.05) is 26.8 Å². The fraction of sp³-hybridized carbons (Fsp3) is 0.643. The number of aromatic nitrogens is 1. The fourth-order valence-electron chi connectivity index (χ4n) is 3.46. The molecule has 1 atom stereocenters. The first kappa shape index (κ1) is 11.9. The van der Waals surface area contributed by atoms with E-state index in [1.807, 2.05) is 12.3 Å². The van der Waals surface area contributed by atoms with Gasteiger partial charge in [0.1, 0.15) is 5.75 Å². The standard InChI is InChI=1S/C14H20N2O2/c1-18-13-2-3-15-6-11(13)12(7-17)10-4-14(5-10)8-16-9-14/h2-3,6,10,12,16-17H,4-5,7-9H2,1H3. The number of nitrogens with zero attached hydrogens (tertiary/aromatic N) is 1. The van der Waals surface area contributed by atoms with E-state index in [9.17, 15) is 5.11 Å². The molecule has 0 amide bonds. The van der Waals surface area contributed by atoms with Crippen molar-refractivity contribution < 1.29 is 9.84 Å². The highest BCUT2D eigenvalue weighted by molar-refractivity contribution is 5.34. The van der Waals surface area contributed by atoms with Gasteiger partial charge >= 0.3 is 0 Å². The van der Waals surface area contributed by atoms with Gasteiger partial charge in [-0.25, -0.2) is 0 Å². The zero-order valence-electron chi connectivity index (χ0n) is 10.7. The maximum atomic E-state index is 9.70. The minimum Gasteiger partial charge on any atom is -0.496 e. The predicted octanol–water partition coefficient (Wildman–Crippen LogP) is 1.17. The molecule has 0 aromatic carbocycles. The SMILES string of the molecule is COc1ccncc1C(CO)C1CC2(CNC2)C1. The van der Waals surface area contributed by atoms with Crippen LogP contribution in [-0.4, -0.2) is 36.9 Å². The maximum absolute atomic E-state index is 9.70. The second kappa shape index (κ2) is 4.52. The van der Waals surface area contributed by atoms with E-state index in [4.69, 9.17) is 4.74 Å². The molecular weight excluding hydrogens is 228 g/mol. The van der Waals surface area contributed by atoms with Gasteiger partial charge in [-0.1, -0.05) is 0 Å². The topological polar surface area (TPSA) is 54.4 Å². The van der Waals surface area contributed by atoms with E-state index < -0.39 is 0 Å². The van der Waals surface area contributed by atoms with Gasteiger partial charge in [-0.3, -0.25) is 4.98 Å². The zero-order chi connectivity index (χ0) is 12.6. The van der Waals surface area contributed by atoms with Crippen LogP contribution < -0.4 is 10.1 Å². The molecule has 1 unspecified atom stereocenters. The highest BCUT2D eigenvalue weighted by Gasteiger charge is 2.50. The third-order valence-electron chi connectivity index (χ3n) is 4.59. The van der Waals surface area contributed by atoms with Crippen molar-refractivity contribution in [3.05, 3.63) is 24.0 Å². The molecule has 0 bridgehead atoms. The maximum Gasteiger partial charge on any atom is 0.125 e. The van der Waals surface area contributed by atoms with Gasteiger partial charge in [0.05, 0.1) is 13.7 Å². The Kier molecular flexibility index (Phi) is 2.99. The van der Waals surface area contributed by atoms with Crippen molar-refractivity contribution in [3.63, 3.8) is 0 Å². The monoisotopic (exact) mass is 248 g/mol. The second-order valence-corrected chi connectivity index (χ2v) is 5.68. The molecule has 1 aliphatic carbocycles. The summed E-state index contributed by atoms with van der Waals surface area (Å²) in [5, 5.41) is 13.0. The van der Waals surface area contributed by atoms with Crippen molar-refractivity contribution in [2.24, 2.45) is 11.3 Å². The molecule has 4 heteroatoms. The minimum absolute atomic E-state index is 0.167. The van der Waals surface area contributed by atoms with Crippen LogP contribution in [0.5, 0.6) is 5.75 Å². The summed E-state index contributed by atoms with van der Waals surface area (Å²) in [4.78, 5) is 4.17. The van der Waals surface area contributed by atoms with Crippen LogP contribution in [0.4, 0.5) is 0 Å². The van der Waals surface area contributed by atoms with Gasteiger partial charge in [-0.05, 0) is 30.2 Å². The lowest BCUT2D eigenvalue weighted by Gasteiger charge is -2.56. The summed E-state index contributed by atoms with van der Waals surface area (Å²) in [6, 6.07) is 1.87. The molecule has 2 aliphatic rings. The highest BCUT2D eigenvalue weighted by Crippen LogP contribution is 2.54. The van der Waals surface area contributed by atoms with Gasteiger partial charge in [0.2, 0.25) is 0 Å². The van der Waals surface area contributed by atoms with Crippen molar-refractivity contribution in [3.8, 4) is 5.75 Å². The molecule has 98 valence electrons. The summed E-state index contributed by atoms with van der Waals surface area (Å²) >= 11 is 0. The Labute approximate surface area is 107 Å². The third-order valence-corrected chi connectivity index (χ3v) is 4.59. The van der Waals surface area contributed by atoms with Gasteiger partial charge in [0.25, 0.3) is 0 Å². The Morgan fingerprint density at radius 3 is 2.89 bits per heavy atom. The molecule has 2 fully saturated rings. The van der Waals surface area contributed by atoms with Crippen molar-refractivity contribution in [1.82, 2.24) is 10.3 Å². The van der Waals surface area contributed by atoms with Crippen LogP contribution in [0.25, 0.3) is 0 Å². The number of aliphatic hydroxyl groups excluding tert-OH is 1. The Morgan fingerprint density at radius 1 is 1.56 bits per heavy atom. The van der Waals surface area contributed by atoms with Crippen LogP contribution in [0.2, 0.25) is 0 Å². The molecule has 1 aliphatic heterocycles. The van der Waals surface area contributed by atoms with E-state index in [1.54, 1.807) is 13.3 Å². The van der Waals surface area contributed by atoms with Crippen molar-refractivity contribution in [1.29, 1.82) is 0 Å². The molecule has 1 saturated heterocycles. The molecule has 1 saturated carbocycles. The second-order valence-electron chi connectivity index (χ2n) is 5.68. The number of hydrogen-bond acceptors (Lipinski definition) is 4. The van der Waals surface area contributed by atoms with Gasteiger partial charge in [-0.15, -0.1) is 0 Å². The van der Waals surface area contributed by atoms with Gasteiger partial charge in [-0.2, -0.15) is 0 Å². The van der Waals surface area contributed by atoms with E-state index in [0.717, 1.165) is 24.4 Å². The summed E-state index contributed by atoms with van der Waals surface area (Å²) in [7, 11) is 1.67. The van der Waals surface area contributed by atoms with Crippen LogP contribution in [0.15, 0.2) is 18.5 Å². The van der Waals surface area contributed by atoms with Gasteiger partial charge < -0.3 is 15.2 Å². The summed E-state index contributed by atoms with van der Waals surface area (Å²) in [5.41, 5.74) is 1.59. The first-order valence-electron chi connectivity index (χ1n) is 6.57. The summed E-state index contributed by atoms with van der Waals surface area (Å²) in [6.07, 6.45) is 5.99. The Bertz CT molecular complexity index is 424. The quantitative estimate of drug-likeness (QED) is 0.839. The van der Waals surface area contributed by atoms with E-state index >= 15 is 0 Å². The van der Waals surface area contributed by atoms with Crippen LogP contribution in [-0.2, 0) is 0 Å². The van der Waals surface area contributed by atoms with Crippen molar-refractivity contribution in [2.45, 2.75) is 18.8 Å². The molecule has 1 spiro atoms. The van der Waals surface area contributed by atoms with Crippen molar-refractivity contribution >= 4 is 0 Å². The number of pyridine rings is 1. The number of nitrogens with one attached hydrogen (secondary N) is 1. The lowest BCUT2D eigenvalue weighted by molar-refractivity contribution is -0.0216. The normalized spacial score (nSPS) is 23.2. The number of aliphatic hydroxyl groups is 1. The Hall–Kier alpha value is -1.13. The summed E-state index contributed by atoms with van der Waals surface area (Å²) < 4.78 is 5.38. The number of rotatable bonds is 4. The molecule has 1 aromatic rings. The number of methoxy groups -OCH3 is 1. The average molecular weight is 248 g/mol. The molecule has 4 nitrogen and oxygen atoms in total. The molecule has 0 radical (unpaired) electrons. The van der Waals surface area contributed by atoms with E-state index in [2.05, 4.69) is 10.3 Å². The van der Waals surface area contributed by atoms with Crippen LogP contribution in [0.3, 0.4) is 0 Å². The van der Waals surface area contributed by atoms with Crippen LogP contribution >= 0.6 is 0 Å². The molecule has 1 aromatic heterocycles. The molecular formula is C14H20N2O2. The van der Waals surface area contributed by atoms with E-state index in [-0.39, 0.29) is 12.5 Å². The molecule has 2 N–H and O–H groups in total. The molecule has 2 heterocycles. The largest absolute Gasteiger partial charge is 0.496 e. The summed E-state index contributed by atoms with van der Waals surface area (Å²) in [5.74, 6) is 1.58. The van der Waals surface area contributed by atoms with E-state index in [1.165, 1.54) is 12.8 Å². The molecule has 3 rings (SSSR count). The minimum atomic E-state index is 0.167. The number of hydrogen-bond donors (Lipinski definition) is 2. The van der Waals surface area contributed by atoms with Crippen LogP contribution in [0.1, 0.15) is 24.3 Å². The lowest BCUT2D eigenvalue weighted by atomic mass is 9.55. The van der Waals surface area contributed by atoms with E-state index in [0.29, 0.717) is 11.3 Å². The lowest BCUT2D eigenvalue weighted by Crippen LogP contribution is -2.61. The molecule has 18 heavy (non-hydrogen) atoms. The van der Waals surface area contributed by atoms with Crippen LogP contribution in [0, 0.1) is 11.3 Å². The Balaban J connectivity index is 1.76. The smallest absolute Gasteiger partial charge is 0.125 e. The average Bonchev–Trinajstić information content (AvgIpc) is 2.31. The number of ether oxygens (including phenoxy) is 1. The predicted molar refractivity (Wildman–Crippen MR) is 68.6 cm³/mol. The highest BCUT2D eigenvalue weighted by atomic mass is 16.5. The third kappa shape index (κ3) is 1.80. The zero-order valence-corrected chi connectivity index (χ0v) is 10.7. The fourth-order valence-corrected chi connectivity index (χ4v) is 3.46. The Morgan fingerprint density at radius 2 is 2.33 bits per heavy atom. The van der Waals surface area contributed by atoms with Gasteiger partial charge in [0, 0.05) is 37.0 Å². The first-order chi connectivity index (χ1) is 8.78. The summed E-state index contributed by atoms with van der Waals surface area (Å²) in [6.45, 7) is 2.47. The first-order valence-corrected chi connectivity index (χ1v) is 6.57.